The van der Waals surface area contributed by atoms with Gasteiger partial charge in [0.25, 0.3) is 0 Å². The molecule has 1 nitrogen and oxygen atoms in total. The molecule has 0 spiro atoms. The van der Waals surface area contributed by atoms with Crippen LogP contribution in [0.15, 0.2) is 61.2 Å². The highest BCUT2D eigenvalue weighted by Gasteiger charge is 2.16. The van der Waals surface area contributed by atoms with Crippen molar-refractivity contribution >= 4 is 6.08 Å². The molecule has 0 heterocycles. The monoisotopic (exact) mass is 350 g/mol. The summed E-state index contributed by atoms with van der Waals surface area (Å²) in [4.78, 5) is 0. The van der Waals surface area contributed by atoms with Crippen molar-refractivity contribution in [2.45, 2.75) is 32.6 Å². The van der Waals surface area contributed by atoms with Crippen LogP contribution in [0.3, 0.4) is 0 Å². The molecule has 2 heteroatoms. The van der Waals surface area contributed by atoms with Gasteiger partial charge in [0, 0.05) is 0 Å². The van der Waals surface area contributed by atoms with E-state index in [9.17, 15) is 4.39 Å². The Kier molecular flexibility index (Phi) is 6.27. The topological polar surface area (TPSA) is 9.23 Å². The van der Waals surface area contributed by atoms with Crippen LogP contribution in [0.5, 0.6) is 5.75 Å². The molecule has 0 radical (unpaired) electrons. The van der Waals surface area contributed by atoms with Crippen molar-refractivity contribution in [1.82, 2.24) is 0 Å². The molecule has 0 bridgehead atoms. The third kappa shape index (κ3) is 4.63. The van der Waals surface area contributed by atoms with Crippen LogP contribution >= 0.6 is 0 Å². The lowest BCUT2D eigenvalue weighted by atomic mass is 9.82. The van der Waals surface area contributed by atoms with Crippen molar-refractivity contribution in [3.05, 3.63) is 72.6 Å². The average Bonchev–Trinajstić information content (AvgIpc) is 2.69. The Bertz CT molecular complexity index is 752. The Morgan fingerprint density at radius 1 is 1.00 bits per heavy atom. The average molecular weight is 350 g/mol. The smallest absolute Gasteiger partial charge is 0.165 e. The molecule has 0 aromatic heterocycles. The summed E-state index contributed by atoms with van der Waals surface area (Å²) in [5.74, 6) is 1.37. The molecular formula is C24H27FO. The molecule has 0 atom stereocenters. The highest BCUT2D eigenvalue weighted by atomic mass is 19.1. The van der Waals surface area contributed by atoms with Crippen molar-refractivity contribution in [3.8, 4) is 16.9 Å². The van der Waals surface area contributed by atoms with E-state index in [2.05, 4.69) is 36.9 Å². The van der Waals surface area contributed by atoms with E-state index >= 15 is 0 Å². The second-order valence-corrected chi connectivity index (χ2v) is 6.97. The van der Waals surface area contributed by atoms with Crippen molar-refractivity contribution in [3.63, 3.8) is 0 Å². The largest absolute Gasteiger partial charge is 0.491 e. The van der Waals surface area contributed by atoms with Crippen molar-refractivity contribution in [2.24, 2.45) is 11.8 Å². The molecule has 1 fully saturated rings. The summed E-state index contributed by atoms with van der Waals surface area (Å²) in [5.41, 5.74) is 3.06. The lowest BCUT2D eigenvalue weighted by molar-refractivity contribution is 0.321. The van der Waals surface area contributed by atoms with E-state index < -0.39 is 0 Å². The number of benzene rings is 2. The minimum absolute atomic E-state index is 0.307. The number of rotatable bonds is 6. The maximum Gasteiger partial charge on any atom is 0.165 e. The third-order valence-corrected chi connectivity index (χ3v) is 5.19. The molecule has 0 N–H and O–H groups in total. The Morgan fingerprint density at radius 2 is 1.65 bits per heavy atom. The molecule has 3 rings (SSSR count). The SMILES string of the molecule is C=CC1CCC(/C=C/c2ccc(-c3ccc(OCC)c(F)c3)cc2)CC1. The van der Waals surface area contributed by atoms with E-state index in [1.807, 2.05) is 25.1 Å². The second kappa shape index (κ2) is 8.84. The number of allylic oxidation sites excluding steroid dienone is 2. The molecule has 0 aliphatic heterocycles. The summed E-state index contributed by atoms with van der Waals surface area (Å²) in [6.45, 7) is 6.22. The maximum atomic E-state index is 14.0. The quantitative estimate of drug-likeness (QED) is 0.515. The molecule has 1 aliphatic carbocycles. The zero-order valence-corrected chi connectivity index (χ0v) is 15.5. The Morgan fingerprint density at radius 3 is 2.27 bits per heavy atom. The Labute approximate surface area is 156 Å². The molecule has 2 aromatic rings. The first-order chi connectivity index (χ1) is 12.7. The van der Waals surface area contributed by atoms with Crippen LogP contribution in [-0.2, 0) is 0 Å². The van der Waals surface area contributed by atoms with Gasteiger partial charge in [-0.1, -0.05) is 48.6 Å². The number of ether oxygens (including phenoxy) is 1. The molecule has 1 aliphatic rings. The Balaban J connectivity index is 1.64. The van der Waals surface area contributed by atoms with E-state index in [-0.39, 0.29) is 5.82 Å². The van der Waals surface area contributed by atoms with Gasteiger partial charge in [0.1, 0.15) is 0 Å². The number of halogens is 1. The maximum absolute atomic E-state index is 14.0. The summed E-state index contributed by atoms with van der Waals surface area (Å²) in [5, 5.41) is 0. The normalized spacial score (nSPS) is 20.2. The summed E-state index contributed by atoms with van der Waals surface area (Å²) in [7, 11) is 0. The summed E-state index contributed by atoms with van der Waals surface area (Å²) >= 11 is 0. The lowest BCUT2D eigenvalue weighted by Crippen LogP contribution is -2.10. The van der Waals surface area contributed by atoms with Gasteiger partial charge in [-0.3, -0.25) is 0 Å². The van der Waals surface area contributed by atoms with E-state index in [4.69, 9.17) is 4.74 Å². The van der Waals surface area contributed by atoms with E-state index in [0.717, 1.165) is 11.1 Å². The van der Waals surface area contributed by atoms with Gasteiger partial charge >= 0.3 is 0 Å². The van der Waals surface area contributed by atoms with Gasteiger partial charge in [0.2, 0.25) is 0 Å². The standard InChI is InChI=1S/C24H27FO/c1-3-18-5-7-19(8-6-18)9-10-20-11-13-21(14-12-20)22-15-16-24(26-4-2)23(25)17-22/h3,9-19H,1,4-8H2,2H3/b10-9+. The fourth-order valence-corrected chi connectivity index (χ4v) is 3.56. The highest BCUT2D eigenvalue weighted by Crippen LogP contribution is 2.31. The summed E-state index contributed by atoms with van der Waals surface area (Å²) < 4.78 is 19.3. The first-order valence-electron chi connectivity index (χ1n) is 9.53. The van der Waals surface area contributed by atoms with Crippen molar-refractivity contribution in [1.29, 1.82) is 0 Å². The van der Waals surface area contributed by atoms with Crippen LogP contribution in [0.2, 0.25) is 0 Å². The van der Waals surface area contributed by atoms with E-state index in [1.54, 1.807) is 6.07 Å². The summed E-state index contributed by atoms with van der Waals surface area (Å²) in [6.07, 6.45) is 11.6. The molecular weight excluding hydrogens is 323 g/mol. The molecule has 0 amide bonds. The van der Waals surface area contributed by atoms with Crippen LogP contribution in [0, 0.1) is 17.7 Å². The minimum atomic E-state index is -0.316. The fourth-order valence-electron chi connectivity index (χ4n) is 3.56. The minimum Gasteiger partial charge on any atom is -0.491 e. The predicted molar refractivity (Wildman–Crippen MR) is 108 cm³/mol. The first kappa shape index (κ1) is 18.4. The van der Waals surface area contributed by atoms with Gasteiger partial charge in [0.05, 0.1) is 6.61 Å². The van der Waals surface area contributed by atoms with Gasteiger partial charge in [-0.05, 0) is 73.3 Å². The zero-order valence-electron chi connectivity index (χ0n) is 15.5. The van der Waals surface area contributed by atoms with Gasteiger partial charge in [0.15, 0.2) is 11.6 Å². The molecule has 1 saturated carbocycles. The van der Waals surface area contributed by atoms with Crippen LogP contribution in [-0.4, -0.2) is 6.61 Å². The molecule has 136 valence electrons. The lowest BCUT2D eigenvalue weighted by Gasteiger charge is -2.24. The fraction of sp³-hybridized carbons (Fsp3) is 0.333. The second-order valence-electron chi connectivity index (χ2n) is 6.97. The van der Waals surface area contributed by atoms with Gasteiger partial charge in [-0.2, -0.15) is 0 Å². The molecule has 26 heavy (non-hydrogen) atoms. The van der Waals surface area contributed by atoms with Gasteiger partial charge < -0.3 is 4.74 Å². The number of hydrogen-bond acceptors (Lipinski definition) is 1. The molecule has 0 unspecified atom stereocenters. The zero-order chi connectivity index (χ0) is 18.4. The third-order valence-electron chi connectivity index (χ3n) is 5.19. The van der Waals surface area contributed by atoms with Gasteiger partial charge in [-0.15, -0.1) is 6.58 Å². The highest BCUT2D eigenvalue weighted by molar-refractivity contribution is 5.66. The van der Waals surface area contributed by atoms with E-state index in [1.165, 1.54) is 37.3 Å². The first-order valence-corrected chi connectivity index (χ1v) is 9.53. The Hall–Kier alpha value is -2.35. The molecule has 2 aromatic carbocycles. The van der Waals surface area contributed by atoms with Crippen LogP contribution in [0.4, 0.5) is 4.39 Å². The predicted octanol–water partition coefficient (Wildman–Crippen LogP) is 6.90. The van der Waals surface area contributed by atoms with Crippen LogP contribution in [0.1, 0.15) is 38.2 Å². The van der Waals surface area contributed by atoms with E-state index in [0.29, 0.717) is 24.2 Å². The molecule has 0 saturated heterocycles. The van der Waals surface area contributed by atoms with Crippen LogP contribution in [0.25, 0.3) is 17.2 Å². The van der Waals surface area contributed by atoms with Gasteiger partial charge in [-0.25, -0.2) is 4.39 Å². The van der Waals surface area contributed by atoms with Crippen molar-refractivity contribution in [2.75, 3.05) is 6.61 Å². The summed E-state index contributed by atoms with van der Waals surface area (Å²) in [6, 6.07) is 13.4. The number of hydrogen-bond donors (Lipinski definition) is 0. The van der Waals surface area contributed by atoms with Crippen molar-refractivity contribution < 1.29 is 9.13 Å². The van der Waals surface area contributed by atoms with Crippen LogP contribution < -0.4 is 4.74 Å².